The third-order valence-corrected chi connectivity index (χ3v) is 3.17. The molecule has 0 saturated carbocycles. The van der Waals surface area contributed by atoms with Gasteiger partial charge >= 0.3 is 0 Å². The Morgan fingerprint density at radius 1 is 1.22 bits per heavy atom. The van der Waals surface area contributed by atoms with E-state index in [0.29, 0.717) is 29.6 Å². The fourth-order valence-electron chi connectivity index (χ4n) is 2.01. The number of carbonyl (C=O) groups excluding carboxylic acids is 1. The molecule has 0 bridgehead atoms. The van der Waals surface area contributed by atoms with E-state index < -0.39 is 0 Å². The molecule has 0 aliphatic heterocycles. The largest absolute Gasteiger partial charge is 0.492 e. The Labute approximate surface area is 136 Å². The number of rotatable bonds is 8. The summed E-state index contributed by atoms with van der Waals surface area (Å²) in [6.07, 6.45) is 3.53. The second-order valence-corrected chi connectivity index (χ2v) is 4.95. The molecule has 0 fully saturated rings. The molecule has 1 aromatic carbocycles. The predicted molar refractivity (Wildman–Crippen MR) is 91.0 cm³/mol. The van der Waals surface area contributed by atoms with Crippen molar-refractivity contribution in [1.29, 1.82) is 0 Å². The zero-order valence-corrected chi connectivity index (χ0v) is 13.5. The van der Waals surface area contributed by atoms with E-state index in [-0.39, 0.29) is 5.91 Å². The molecule has 0 aliphatic carbocycles. The van der Waals surface area contributed by atoms with Gasteiger partial charge in [-0.1, -0.05) is 25.5 Å². The molecule has 1 aromatic heterocycles. The number of anilines is 2. The zero-order chi connectivity index (χ0) is 16.5. The van der Waals surface area contributed by atoms with Gasteiger partial charge in [0.05, 0.1) is 12.3 Å². The van der Waals surface area contributed by atoms with E-state index in [1.807, 2.05) is 25.1 Å². The van der Waals surface area contributed by atoms with Gasteiger partial charge in [0.15, 0.2) is 0 Å². The zero-order valence-electron chi connectivity index (χ0n) is 13.5. The highest BCUT2D eigenvalue weighted by atomic mass is 16.5. The molecule has 0 radical (unpaired) electrons. The van der Waals surface area contributed by atoms with Gasteiger partial charge in [0.25, 0.3) is 5.91 Å². The molecule has 0 unspecified atom stereocenters. The summed E-state index contributed by atoms with van der Waals surface area (Å²) in [5.41, 5.74) is 0.934. The summed E-state index contributed by atoms with van der Waals surface area (Å²) < 4.78 is 5.50. The Kier molecular flexibility index (Phi) is 6.35. The number of hydrogen-bond acceptors (Lipinski definition) is 5. The predicted octanol–water partition coefficient (Wildman–Crippen LogP) is 3.34. The van der Waals surface area contributed by atoms with Crippen LogP contribution in [-0.4, -0.2) is 29.0 Å². The minimum atomic E-state index is -0.293. The first kappa shape index (κ1) is 16.7. The Morgan fingerprint density at radius 3 is 2.83 bits per heavy atom. The van der Waals surface area contributed by atoms with Crippen molar-refractivity contribution in [2.24, 2.45) is 0 Å². The topological polar surface area (TPSA) is 76.1 Å². The molecule has 0 aliphatic rings. The van der Waals surface area contributed by atoms with Crippen LogP contribution in [0, 0.1) is 0 Å². The van der Waals surface area contributed by atoms with Gasteiger partial charge in [-0.3, -0.25) is 4.79 Å². The van der Waals surface area contributed by atoms with Gasteiger partial charge in [0, 0.05) is 12.6 Å². The third-order valence-electron chi connectivity index (χ3n) is 3.17. The summed E-state index contributed by atoms with van der Waals surface area (Å²) in [6, 6.07) is 8.96. The van der Waals surface area contributed by atoms with Crippen molar-refractivity contribution >= 4 is 17.4 Å². The van der Waals surface area contributed by atoms with Crippen molar-refractivity contribution in [1.82, 2.24) is 9.97 Å². The number of carbonyl (C=O) groups is 1. The summed E-state index contributed by atoms with van der Waals surface area (Å²) in [4.78, 5) is 20.5. The van der Waals surface area contributed by atoms with E-state index >= 15 is 0 Å². The van der Waals surface area contributed by atoms with E-state index in [2.05, 4.69) is 27.5 Å². The van der Waals surface area contributed by atoms with Crippen LogP contribution in [0.4, 0.5) is 11.5 Å². The van der Waals surface area contributed by atoms with Gasteiger partial charge in [-0.05, 0) is 25.5 Å². The molecule has 2 N–H and O–H groups in total. The molecule has 0 atom stereocenters. The number of para-hydroxylation sites is 2. The summed E-state index contributed by atoms with van der Waals surface area (Å²) in [7, 11) is 0. The highest BCUT2D eigenvalue weighted by molar-refractivity contribution is 6.04. The number of ether oxygens (including phenoxy) is 1. The quantitative estimate of drug-likeness (QED) is 0.731. The fraction of sp³-hybridized carbons (Fsp3) is 0.353. The number of nitrogens with zero attached hydrogens (tertiary/aromatic N) is 2. The van der Waals surface area contributed by atoms with Crippen molar-refractivity contribution in [2.45, 2.75) is 26.7 Å². The first-order valence-corrected chi connectivity index (χ1v) is 7.83. The Bertz CT molecular complexity index is 646. The lowest BCUT2D eigenvalue weighted by atomic mass is 10.2. The monoisotopic (exact) mass is 314 g/mol. The maximum atomic E-state index is 12.4. The Hall–Kier alpha value is -2.63. The van der Waals surface area contributed by atoms with Crippen LogP contribution < -0.4 is 15.4 Å². The molecule has 1 heterocycles. The maximum absolute atomic E-state index is 12.4. The molecular weight excluding hydrogens is 292 g/mol. The molecule has 6 heteroatoms. The first-order valence-electron chi connectivity index (χ1n) is 7.83. The fourth-order valence-corrected chi connectivity index (χ4v) is 2.01. The number of nitrogens with one attached hydrogen (secondary N) is 2. The van der Waals surface area contributed by atoms with Gasteiger partial charge in [-0.25, -0.2) is 9.97 Å². The van der Waals surface area contributed by atoms with Crippen LogP contribution in [0.3, 0.4) is 0 Å². The smallest absolute Gasteiger partial charge is 0.274 e. The van der Waals surface area contributed by atoms with Crippen molar-refractivity contribution in [3.05, 3.63) is 42.4 Å². The summed E-state index contributed by atoms with van der Waals surface area (Å²) in [6.45, 7) is 5.38. The molecule has 1 amide bonds. The second kappa shape index (κ2) is 8.73. The molecule has 2 rings (SSSR count). The number of hydrogen-bond donors (Lipinski definition) is 2. The van der Waals surface area contributed by atoms with E-state index in [9.17, 15) is 4.79 Å². The van der Waals surface area contributed by atoms with Crippen molar-refractivity contribution < 1.29 is 9.53 Å². The summed E-state index contributed by atoms with van der Waals surface area (Å²) in [5, 5.41) is 6.00. The molecule has 122 valence electrons. The van der Waals surface area contributed by atoms with Crippen molar-refractivity contribution in [3.63, 3.8) is 0 Å². The van der Waals surface area contributed by atoms with Gasteiger partial charge < -0.3 is 15.4 Å². The average Bonchev–Trinajstić information content (AvgIpc) is 2.57. The first-order chi connectivity index (χ1) is 11.2. The van der Waals surface area contributed by atoms with E-state index in [1.54, 1.807) is 12.1 Å². The number of aromatic nitrogens is 2. The standard InChI is InChI=1S/C17H22N4O2/c1-3-5-10-18-16-11-14(19-12-20-16)17(22)21-13-8-6-7-9-15(13)23-4-2/h6-9,11-12H,3-5,10H2,1-2H3,(H,21,22)(H,18,19,20). The molecule has 6 nitrogen and oxygen atoms in total. The lowest BCUT2D eigenvalue weighted by Gasteiger charge is -2.11. The van der Waals surface area contributed by atoms with E-state index in [1.165, 1.54) is 6.33 Å². The molecule has 23 heavy (non-hydrogen) atoms. The lowest BCUT2D eigenvalue weighted by molar-refractivity contribution is 0.102. The number of amides is 1. The van der Waals surface area contributed by atoms with Crippen LogP contribution in [0.25, 0.3) is 0 Å². The lowest BCUT2D eigenvalue weighted by Crippen LogP contribution is -2.15. The third kappa shape index (κ3) is 4.95. The minimum Gasteiger partial charge on any atom is -0.492 e. The van der Waals surface area contributed by atoms with Crippen LogP contribution in [0.2, 0.25) is 0 Å². The van der Waals surface area contributed by atoms with Crippen molar-refractivity contribution in [3.8, 4) is 5.75 Å². The molecule has 0 saturated heterocycles. The van der Waals surface area contributed by atoms with Crippen LogP contribution in [0.15, 0.2) is 36.7 Å². The second-order valence-electron chi connectivity index (χ2n) is 4.95. The highest BCUT2D eigenvalue weighted by Gasteiger charge is 2.11. The normalized spacial score (nSPS) is 10.2. The van der Waals surface area contributed by atoms with Gasteiger partial charge in [-0.2, -0.15) is 0 Å². The Balaban J connectivity index is 2.07. The molecular formula is C17H22N4O2. The van der Waals surface area contributed by atoms with E-state index in [0.717, 1.165) is 19.4 Å². The SMILES string of the molecule is CCCCNc1cc(C(=O)Nc2ccccc2OCC)ncn1. The van der Waals surface area contributed by atoms with Crippen LogP contribution in [0.1, 0.15) is 37.2 Å². The van der Waals surface area contributed by atoms with Crippen molar-refractivity contribution in [2.75, 3.05) is 23.8 Å². The highest BCUT2D eigenvalue weighted by Crippen LogP contribution is 2.24. The van der Waals surface area contributed by atoms with Crippen LogP contribution in [-0.2, 0) is 0 Å². The van der Waals surface area contributed by atoms with Crippen LogP contribution in [0.5, 0.6) is 5.75 Å². The molecule has 0 spiro atoms. The average molecular weight is 314 g/mol. The minimum absolute atomic E-state index is 0.293. The van der Waals surface area contributed by atoms with E-state index in [4.69, 9.17) is 4.74 Å². The van der Waals surface area contributed by atoms with Crippen LogP contribution >= 0.6 is 0 Å². The van der Waals surface area contributed by atoms with Gasteiger partial charge in [-0.15, -0.1) is 0 Å². The maximum Gasteiger partial charge on any atom is 0.274 e. The number of unbranched alkanes of at least 4 members (excludes halogenated alkanes) is 1. The van der Waals surface area contributed by atoms with Gasteiger partial charge in [0.2, 0.25) is 0 Å². The number of benzene rings is 1. The summed E-state index contributed by atoms with van der Waals surface area (Å²) >= 11 is 0. The summed E-state index contributed by atoms with van der Waals surface area (Å²) in [5.74, 6) is 0.994. The Morgan fingerprint density at radius 2 is 2.04 bits per heavy atom. The van der Waals surface area contributed by atoms with Gasteiger partial charge in [0.1, 0.15) is 23.6 Å². The molecule has 2 aromatic rings.